The molecule has 2 aromatic rings. The van der Waals surface area contributed by atoms with E-state index in [0.717, 1.165) is 0 Å². The average Bonchev–Trinajstić information content (AvgIpc) is 2.71. The third-order valence-corrected chi connectivity index (χ3v) is 3.49. The van der Waals surface area contributed by atoms with E-state index in [4.69, 9.17) is 0 Å². The Morgan fingerprint density at radius 1 is 0.889 bits per heavy atom. The number of hydrogen-bond donors (Lipinski definition) is 0. The van der Waals surface area contributed by atoms with Gasteiger partial charge in [0, 0.05) is 8.07 Å². The Hall–Kier alpha value is 0.367. The Kier molecular flexibility index (Phi) is 16.2. The van der Waals surface area contributed by atoms with Crippen molar-refractivity contribution in [3.63, 3.8) is 0 Å². The Morgan fingerprint density at radius 3 is 1.61 bits per heavy atom. The minimum absolute atomic E-state index is 0. The van der Waals surface area contributed by atoms with E-state index in [2.05, 4.69) is 43.9 Å². The van der Waals surface area contributed by atoms with Gasteiger partial charge < -0.3 is 24.8 Å². The van der Waals surface area contributed by atoms with Crippen LogP contribution in [0.25, 0.3) is 0 Å². The molecule has 0 aliphatic rings. The van der Waals surface area contributed by atoms with Gasteiger partial charge in [-0.15, -0.1) is 0 Å². The molecule has 0 unspecified atom stereocenters. The van der Waals surface area contributed by atoms with E-state index in [0.29, 0.717) is 0 Å². The van der Waals surface area contributed by atoms with Crippen LogP contribution in [-0.4, -0.2) is 8.07 Å². The molecule has 0 saturated carbocycles. The first-order valence-corrected chi connectivity index (χ1v) is 9.16. The van der Waals surface area contributed by atoms with Crippen LogP contribution in [0.15, 0.2) is 54.6 Å². The van der Waals surface area contributed by atoms with Crippen LogP contribution in [0, 0.1) is 0 Å². The molecule has 2 rings (SSSR count). The van der Waals surface area contributed by atoms with Gasteiger partial charge in [-0.05, 0) is 0 Å². The second-order valence-electron chi connectivity index (χ2n) is 4.99. The fourth-order valence-electron chi connectivity index (χ4n) is 1.46. The van der Waals surface area contributed by atoms with Gasteiger partial charge in [-0.3, -0.25) is 0 Å². The molecule has 98 valence electrons. The van der Waals surface area contributed by atoms with Gasteiger partial charge >= 0.3 is 25.8 Å². The zero-order valence-corrected chi connectivity index (χ0v) is 17.3. The zero-order valence-electron chi connectivity index (χ0n) is 11.2. The molecule has 0 aliphatic heterocycles. The molecule has 18 heavy (non-hydrogen) atoms. The van der Waals surface area contributed by atoms with Crippen LogP contribution in [0.4, 0.5) is 0 Å². The predicted octanol–water partition coefficient (Wildman–Crippen LogP) is -1.76. The first kappa shape index (κ1) is 23.5. The normalized spacial score (nSPS) is 8.83. The van der Waals surface area contributed by atoms with Crippen LogP contribution in [0.2, 0.25) is 19.6 Å². The van der Waals surface area contributed by atoms with Crippen molar-refractivity contribution in [2.24, 2.45) is 0 Å². The fraction of sp³-hybridized carbons (Fsp3) is 0.286. The Labute approximate surface area is 144 Å². The van der Waals surface area contributed by atoms with Crippen molar-refractivity contribution in [3.8, 4) is 0 Å². The first-order valence-electron chi connectivity index (χ1n) is 5.45. The summed E-state index contributed by atoms with van der Waals surface area (Å²) in [5.74, 6) is 0. The van der Waals surface area contributed by atoms with Crippen molar-refractivity contribution in [1.82, 2.24) is 0 Å². The predicted molar refractivity (Wildman–Crippen MR) is 71.1 cm³/mol. The molecule has 2 aromatic carbocycles. The zero-order chi connectivity index (χ0) is 11.1. The van der Waals surface area contributed by atoms with Crippen molar-refractivity contribution < 1.29 is 50.7 Å². The van der Waals surface area contributed by atoms with Crippen LogP contribution in [-0.2, 0) is 31.9 Å². The molecule has 0 aliphatic carbocycles. The molecular formula is C14H20Cl2HfSi. The number of rotatable bonds is 2. The van der Waals surface area contributed by atoms with Crippen molar-refractivity contribution in [2.45, 2.75) is 25.7 Å². The SMILES string of the molecule is C[Si](C)(C)C[c-]1cccc1.[Cl-].[Cl-].[Hf+4].c1cc[cH-]c1. The van der Waals surface area contributed by atoms with E-state index in [1.807, 2.05) is 30.3 Å². The van der Waals surface area contributed by atoms with Crippen LogP contribution < -0.4 is 24.8 Å². The minimum Gasteiger partial charge on any atom is -1.00 e. The molecule has 4 heteroatoms. The summed E-state index contributed by atoms with van der Waals surface area (Å²) in [7, 11) is -0.862. The van der Waals surface area contributed by atoms with Gasteiger partial charge in [0.25, 0.3) is 0 Å². The van der Waals surface area contributed by atoms with Gasteiger partial charge in [-0.25, -0.2) is 24.3 Å². The Balaban J connectivity index is -0.000000245. The molecule has 0 atom stereocenters. The van der Waals surface area contributed by atoms with E-state index in [9.17, 15) is 0 Å². The molecule has 0 nitrogen and oxygen atoms in total. The Bertz CT molecular complexity index is 319. The number of halogens is 2. The first-order chi connectivity index (χ1) is 7.08. The molecule has 0 N–H and O–H groups in total. The van der Waals surface area contributed by atoms with Gasteiger partial charge in [-0.2, -0.15) is 35.9 Å². The molecule has 0 spiro atoms. The summed E-state index contributed by atoms with van der Waals surface area (Å²) in [5, 5.41) is 0. The van der Waals surface area contributed by atoms with Crippen LogP contribution in [0.1, 0.15) is 5.56 Å². The standard InChI is InChI=1S/C9H15Si.C5H5.2ClH.Hf/c1-10(2,3)8-9-6-4-5-7-9;1-2-4-5-3-1;;;/h4-7H,8H2,1-3H3;1-5H;2*1H;/q2*-1;;;+4/p-2. The van der Waals surface area contributed by atoms with Crippen LogP contribution in [0.5, 0.6) is 0 Å². The minimum atomic E-state index is -0.862. The summed E-state index contributed by atoms with van der Waals surface area (Å²) in [6, 6.07) is 20.0. The smallest absolute Gasteiger partial charge is 1.00 e. The maximum atomic E-state index is 2.40. The maximum absolute atomic E-state index is 2.40. The summed E-state index contributed by atoms with van der Waals surface area (Å²) < 4.78 is 0. The van der Waals surface area contributed by atoms with E-state index < -0.39 is 8.07 Å². The van der Waals surface area contributed by atoms with Gasteiger partial charge in [-0.1, -0.05) is 25.7 Å². The van der Waals surface area contributed by atoms with Crippen molar-refractivity contribution >= 4 is 8.07 Å². The summed E-state index contributed by atoms with van der Waals surface area (Å²) in [5.41, 5.74) is 1.51. The molecule has 0 aromatic heterocycles. The summed E-state index contributed by atoms with van der Waals surface area (Å²) in [4.78, 5) is 0. The number of hydrogen-bond acceptors (Lipinski definition) is 0. The second-order valence-corrected chi connectivity index (χ2v) is 10.5. The average molecular weight is 466 g/mol. The van der Waals surface area contributed by atoms with Crippen molar-refractivity contribution in [1.29, 1.82) is 0 Å². The maximum Gasteiger partial charge on any atom is 4.00 e. The van der Waals surface area contributed by atoms with E-state index in [1.165, 1.54) is 11.6 Å². The van der Waals surface area contributed by atoms with Gasteiger partial charge in [0.05, 0.1) is 0 Å². The molecule has 0 radical (unpaired) electrons. The van der Waals surface area contributed by atoms with E-state index in [-0.39, 0.29) is 50.7 Å². The van der Waals surface area contributed by atoms with E-state index in [1.54, 1.807) is 0 Å². The molecular weight excluding hydrogens is 446 g/mol. The summed E-state index contributed by atoms with van der Waals surface area (Å²) >= 11 is 0. The molecule has 0 saturated heterocycles. The van der Waals surface area contributed by atoms with Crippen LogP contribution in [0.3, 0.4) is 0 Å². The van der Waals surface area contributed by atoms with Gasteiger partial charge in [0.2, 0.25) is 0 Å². The third kappa shape index (κ3) is 12.8. The summed E-state index contributed by atoms with van der Waals surface area (Å²) in [6.07, 6.45) is 0. The van der Waals surface area contributed by atoms with Crippen LogP contribution >= 0.6 is 0 Å². The molecule has 0 bridgehead atoms. The Morgan fingerprint density at radius 2 is 1.33 bits per heavy atom. The monoisotopic (exact) mass is 466 g/mol. The second kappa shape index (κ2) is 12.4. The molecule has 0 fully saturated rings. The summed E-state index contributed by atoms with van der Waals surface area (Å²) in [6.45, 7) is 7.21. The molecule has 0 heterocycles. The van der Waals surface area contributed by atoms with Gasteiger partial charge in [0.1, 0.15) is 0 Å². The van der Waals surface area contributed by atoms with E-state index >= 15 is 0 Å². The largest absolute Gasteiger partial charge is 4.00 e. The molecule has 0 amide bonds. The quantitative estimate of drug-likeness (QED) is 0.364. The van der Waals surface area contributed by atoms with Crippen molar-refractivity contribution in [3.05, 3.63) is 60.2 Å². The topological polar surface area (TPSA) is 0 Å². The van der Waals surface area contributed by atoms with Crippen molar-refractivity contribution in [2.75, 3.05) is 0 Å². The van der Waals surface area contributed by atoms with Gasteiger partial charge in [0.15, 0.2) is 0 Å². The third-order valence-electron chi connectivity index (χ3n) is 2.02. The fourth-order valence-corrected chi connectivity index (χ4v) is 2.93.